The van der Waals surface area contributed by atoms with Crippen LogP contribution in [0.2, 0.25) is 0 Å². The zero-order valence-corrected chi connectivity index (χ0v) is 11.4. The van der Waals surface area contributed by atoms with Crippen LogP contribution in [0.25, 0.3) is 5.65 Å². The van der Waals surface area contributed by atoms with Crippen molar-refractivity contribution in [1.82, 2.24) is 19.6 Å². The maximum Gasteiger partial charge on any atom is 0.207 e. The first-order valence-electron chi connectivity index (χ1n) is 6.03. The molecular weight excluding hydrogens is 284 g/mol. The fraction of sp³-hybridized carbons (Fsp3) is 0.545. The van der Waals surface area contributed by atoms with E-state index in [0.717, 1.165) is 0 Å². The Morgan fingerprint density at radius 3 is 2.75 bits per heavy atom. The van der Waals surface area contributed by atoms with Crippen LogP contribution in [-0.2, 0) is 4.74 Å². The summed E-state index contributed by atoms with van der Waals surface area (Å²) >= 11 is 1.38. The quantitative estimate of drug-likeness (QED) is 0.618. The Bertz CT molecular complexity index is 621. The van der Waals surface area contributed by atoms with Gasteiger partial charge in [0.15, 0.2) is 5.65 Å². The van der Waals surface area contributed by atoms with Gasteiger partial charge in [-0.1, -0.05) is 11.8 Å². The van der Waals surface area contributed by atoms with Crippen molar-refractivity contribution >= 4 is 17.4 Å². The van der Waals surface area contributed by atoms with Crippen LogP contribution >= 0.6 is 11.8 Å². The Balaban J connectivity index is 2.02. The number of hydrogen-bond donors (Lipinski definition) is 3. The topological polar surface area (TPSA) is 113 Å². The van der Waals surface area contributed by atoms with Gasteiger partial charge in [-0.2, -0.15) is 0 Å². The number of fused-ring (bicyclic) bond motifs is 1. The Labute approximate surface area is 118 Å². The second-order valence-electron chi connectivity index (χ2n) is 4.46. The summed E-state index contributed by atoms with van der Waals surface area (Å²) in [4.78, 5) is 8.25. The second kappa shape index (κ2) is 5.26. The molecule has 108 valence electrons. The number of nitrogens with zero attached hydrogens (tertiary/aromatic N) is 4. The minimum absolute atomic E-state index is 0.365. The average molecular weight is 298 g/mol. The van der Waals surface area contributed by atoms with Crippen LogP contribution in [0.4, 0.5) is 0 Å². The lowest BCUT2D eigenvalue weighted by molar-refractivity contribution is -0.0244. The molecule has 1 aliphatic rings. The molecule has 2 aromatic heterocycles. The summed E-state index contributed by atoms with van der Waals surface area (Å²) in [6.07, 6.45) is 1.06. The van der Waals surface area contributed by atoms with Crippen LogP contribution < -0.4 is 0 Å². The molecule has 0 spiro atoms. The van der Waals surface area contributed by atoms with Crippen LogP contribution in [0.15, 0.2) is 17.6 Å². The molecule has 0 aliphatic carbocycles. The van der Waals surface area contributed by atoms with Gasteiger partial charge in [-0.05, 0) is 6.26 Å². The van der Waals surface area contributed by atoms with E-state index in [1.54, 1.807) is 6.20 Å². The first-order chi connectivity index (χ1) is 9.65. The van der Waals surface area contributed by atoms with Crippen molar-refractivity contribution in [2.45, 2.75) is 29.6 Å². The van der Waals surface area contributed by atoms with Crippen molar-refractivity contribution in [2.24, 2.45) is 0 Å². The van der Waals surface area contributed by atoms with Crippen molar-refractivity contribution in [2.75, 3.05) is 12.9 Å². The Morgan fingerprint density at radius 2 is 2.10 bits per heavy atom. The van der Waals surface area contributed by atoms with Crippen LogP contribution in [0.5, 0.6) is 0 Å². The predicted octanol–water partition coefficient (Wildman–Crippen LogP) is -1.000. The molecule has 20 heavy (non-hydrogen) atoms. The molecule has 2 aromatic rings. The van der Waals surface area contributed by atoms with Gasteiger partial charge in [0.05, 0.1) is 24.7 Å². The summed E-state index contributed by atoms with van der Waals surface area (Å²) in [7, 11) is 0. The number of hydrogen-bond acceptors (Lipinski definition) is 8. The molecule has 3 heterocycles. The molecule has 0 unspecified atom stereocenters. The maximum absolute atomic E-state index is 10.0. The number of thioether (sulfide) groups is 1. The van der Waals surface area contributed by atoms with Gasteiger partial charge in [0.1, 0.15) is 24.4 Å². The van der Waals surface area contributed by atoms with E-state index in [1.807, 2.05) is 6.26 Å². The van der Waals surface area contributed by atoms with Gasteiger partial charge in [-0.15, -0.1) is 5.10 Å². The molecule has 1 aliphatic heterocycles. The Morgan fingerprint density at radius 1 is 1.30 bits per heavy atom. The second-order valence-corrected chi connectivity index (χ2v) is 5.23. The number of aliphatic hydroxyl groups is 3. The van der Waals surface area contributed by atoms with Crippen LogP contribution in [0.1, 0.15) is 11.8 Å². The SMILES string of the molecule is CSc1ncc2ncc([C@@H]3O[C@H](CO)[C@@H](O)[C@H]3O)n2n1. The zero-order chi connectivity index (χ0) is 14.3. The lowest BCUT2D eigenvalue weighted by Gasteiger charge is -2.13. The average Bonchev–Trinajstić information content (AvgIpc) is 3.01. The summed E-state index contributed by atoms with van der Waals surface area (Å²) in [5.74, 6) is 0. The number of ether oxygens (including phenoxy) is 1. The first-order valence-corrected chi connectivity index (χ1v) is 7.25. The molecule has 1 saturated heterocycles. The van der Waals surface area contributed by atoms with Gasteiger partial charge in [0, 0.05) is 0 Å². The molecule has 3 rings (SSSR count). The van der Waals surface area contributed by atoms with Crippen molar-refractivity contribution in [3.05, 3.63) is 18.1 Å². The number of rotatable bonds is 3. The molecule has 0 amide bonds. The molecular formula is C11H14N4O4S. The summed E-state index contributed by atoms with van der Waals surface area (Å²) < 4.78 is 7.01. The Kier molecular flexibility index (Phi) is 3.61. The summed E-state index contributed by atoms with van der Waals surface area (Å²) in [5.41, 5.74) is 1.04. The van der Waals surface area contributed by atoms with E-state index in [4.69, 9.17) is 9.84 Å². The third-order valence-corrected chi connectivity index (χ3v) is 3.84. The van der Waals surface area contributed by atoms with E-state index in [2.05, 4.69) is 15.1 Å². The monoisotopic (exact) mass is 298 g/mol. The Hall–Kier alpha value is -1.26. The zero-order valence-electron chi connectivity index (χ0n) is 10.6. The van der Waals surface area contributed by atoms with Gasteiger partial charge in [0.25, 0.3) is 0 Å². The molecule has 0 radical (unpaired) electrons. The molecule has 0 saturated carbocycles. The lowest BCUT2D eigenvalue weighted by Crippen LogP contribution is -2.32. The molecule has 0 aromatic carbocycles. The van der Waals surface area contributed by atoms with Crippen molar-refractivity contribution < 1.29 is 20.1 Å². The number of aliphatic hydroxyl groups excluding tert-OH is 3. The predicted molar refractivity (Wildman–Crippen MR) is 69.3 cm³/mol. The van der Waals surface area contributed by atoms with E-state index >= 15 is 0 Å². The van der Waals surface area contributed by atoms with Crippen LogP contribution in [-0.4, -0.2) is 66.1 Å². The van der Waals surface area contributed by atoms with Crippen molar-refractivity contribution in [3.8, 4) is 0 Å². The summed E-state index contributed by atoms with van der Waals surface area (Å²) in [6.45, 7) is -0.365. The normalized spacial score (nSPS) is 30.2. The van der Waals surface area contributed by atoms with E-state index in [1.165, 1.54) is 22.5 Å². The minimum atomic E-state index is -1.14. The molecule has 8 nitrogen and oxygen atoms in total. The van der Waals surface area contributed by atoms with Gasteiger partial charge in [-0.25, -0.2) is 14.5 Å². The summed E-state index contributed by atoms with van der Waals surface area (Å²) in [5, 5.41) is 33.8. The number of imidazole rings is 1. The van der Waals surface area contributed by atoms with Gasteiger partial charge in [-0.3, -0.25) is 0 Å². The molecule has 9 heteroatoms. The number of aromatic nitrogens is 4. The fourth-order valence-corrected chi connectivity index (χ4v) is 2.55. The van der Waals surface area contributed by atoms with Gasteiger partial charge >= 0.3 is 0 Å². The lowest BCUT2D eigenvalue weighted by atomic mass is 10.1. The largest absolute Gasteiger partial charge is 0.394 e. The van der Waals surface area contributed by atoms with Gasteiger partial charge in [0.2, 0.25) is 5.16 Å². The van der Waals surface area contributed by atoms with E-state index < -0.39 is 24.4 Å². The molecule has 3 N–H and O–H groups in total. The third kappa shape index (κ3) is 2.07. The first kappa shape index (κ1) is 13.7. The highest BCUT2D eigenvalue weighted by molar-refractivity contribution is 7.98. The highest BCUT2D eigenvalue weighted by Gasteiger charge is 2.44. The maximum atomic E-state index is 10.0. The molecule has 4 atom stereocenters. The summed E-state index contributed by atoms with van der Waals surface area (Å²) in [6, 6.07) is 0. The van der Waals surface area contributed by atoms with Crippen molar-refractivity contribution in [1.29, 1.82) is 0 Å². The smallest absolute Gasteiger partial charge is 0.207 e. The van der Waals surface area contributed by atoms with E-state index in [9.17, 15) is 10.2 Å². The highest BCUT2D eigenvalue weighted by Crippen LogP contribution is 2.33. The van der Waals surface area contributed by atoms with E-state index in [0.29, 0.717) is 16.5 Å². The van der Waals surface area contributed by atoms with Crippen LogP contribution in [0.3, 0.4) is 0 Å². The van der Waals surface area contributed by atoms with Gasteiger partial charge < -0.3 is 20.1 Å². The van der Waals surface area contributed by atoms with Crippen LogP contribution in [0, 0.1) is 0 Å². The third-order valence-electron chi connectivity index (χ3n) is 3.28. The minimum Gasteiger partial charge on any atom is -0.394 e. The fourth-order valence-electron chi connectivity index (χ4n) is 2.23. The molecule has 0 bridgehead atoms. The van der Waals surface area contributed by atoms with Crippen molar-refractivity contribution in [3.63, 3.8) is 0 Å². The standard InChI is InChI=1S/C11H14N4O4S/c1-20-11-13-3-7-12-2-5(15(7)14-11)10-9(18)8(17)6(4-16)19-10/h2-3,6,8-10,16-18H,4H2,1H3/t6-,8-,9-,10+/m1/s1. The van der Waals surface area contributed by atoms with E-state index in [-0.39, 0.29) is 6.61 Å². The molecule has 1 fully saturated rings. The highest BCUT2D eigenvalue weighted by atomic mass is 32.2.